The molecule has 0 atom stereocenters. The van der Waals surface area contributed by atoms with E-state index in [0.29, 0.717) is 18.9 Å². The minimum Gasteiger partial charge on any atom is -0.492 e. The van der Waals surface area contributed by atoms with E-state index in [1.54, 1.807) is 0 Å². The average Bonchev–Trinajstić information content (AvgIpc) is 2.25. The molecule has 1 aromatic rings. The fraction of sp³-hybridized carbons (Fsp3) is 0.364. The van der Waals surface area contributed by atoms with E-state index in [2.05, 4.69) is 0 Å². The van der Waals surface area contributed by atoms with Crippen LogP contribution in [-0.4, -0.2) is 23.6 Å². The molecule has 0 aliphatic carbocycles. The highest BCUT2D eigenvalue weighted by molar-refractivity contribution is 6.17. The lowest BCUT2D eigenvalue weighted by Crippen LogP contribution is -1.99. The van der Waals surface area contributed by atoms with Gasteiger partial charge in [-0.05, 0) is 24.1 Å². The first kappa shape index (κ1) is 11.9. The highest BCUT2D eigenvalue weighted by Gasteiger charge is 1.99. The van der Waals surface area contributed by atoms with E-state index in [9.17, 15) is 4.79 Å². The number of carboxylic acid groups (broad SMARTS) is 1. The SMILES string of the molecule is O=C(O)CCc1ccc(OCCCl)cc1. The van der Waals surface area contributed by atoms with E-state index >= 15 is 0 Å². The van der Waals surface area contributed by atoms with Crippen molar-refractivity contribution < 1.29 is 14.6 Å². The number of carboxylic acids is 1. The molecule has 0 aliphatic rings. The first-order chi connectivity index (χ1) is 7.22. The molecule has 3 nitrogen and oxygen atoms in total. The number of rotatable bonds is 6. The Kier molecular flexibility index (Phi) is 4.98. The van der Waals surface area contributed by atoms with Crippen LogP contribution >= 0.6 is 11.6 Å². The van der Waals surface area contributed by atoms with E-state index in [1.807, 2.05) is 24.3 Å². The molecule has 0 aliphatic heterocycles. The number of ether oxygens (including phenoxy) is 1. The van der Waals surface area contributed by atoms with Gasteiger partial charge in [-0.25, -0.2) is 0 Å². The molecule has 0 unspecified atom stereocenters. The second kappa shape index (κ2) is 6.30. The van der Waals surface area contributed by atoms with Crippen molar-refractivity contribution in [2.45, 2.75) is 12.8 Å². The summed E-state index contributed by atoms with van der Waals surface area (Å²) in [6, 6.07) is 7.38. The summed E-state index contributed by atoms with van der Waals surface area (Å²) in [5, 5.41) is 8.51. The van der Waals surface area contributed by atoms with Crippen LogP contribution in [0.3, 0.4) is 0 Å². The molecular weight excluding hydrogens is 216 g/mol. The molecule has 82 valence electrons. The second-order valence-electron chi connectivity index (χ2n) is 3.08. The fourth-order valence-corrected chi connectivity index (χ4v) is 1.24. The van der Waals surface area contributed by atoms with Crippen LogP contribution in [0.25, 0.3) is 0 Å². The van der Waals surface area contributed by atoms with Crippen LogP contribution in [-0.2, 0) is 11.2 Å². The van der Waals surface area contributed by atoms with Crippen LogP contribution in [0, 0.1) is 0 Å². The molecule has 0 spiro atoms. The van der Waals surface area contributed by atoms with Gasteiger partial charge >= 0.3 is 5.97 Å². The van der Waals surface area contributed by atoms with Gasteiger partial charge in [0.05, 0.1) is 5.88 Å². The largest absolute Gasteiger partial charge is 0.492 e. The minimum atomic E-state index is -0.780. The van der Waals surface area contributed by atoms with Gasteiger partial charge in [0.2, 0.25) is 0 Å². The zero-order valence-corrected chi connectivity index (χ0v) is 9.04. The molecule has 0 amide bonds. The first-order valence-electron chi connectivity index (χ1n) is 4.72. The lowest BCUT2D eigenvalue weighted by molar-refractivity contribution is -0.136. The molecule has 0 aromatic heterocycles. The van der Waals surface area contributed by atoms with Gasteiger partial charge in [-0.15, -0.1) is 11.6 Å². The highest BCUT2D eigenvalue weighted by Crippen LogP contribution is 2.13. The molecule has 4 heteroatoms. The molecule has 1 rings (SSSR count). The number of carbonyl (C=O) groups is 1. The van der Waals surface area contributed by atoms with E-state index < -0.39 is 5.97 Å². The van der Waals surface area contributed by atoms with Crippen LogP contribution in [0.15, 0.2) is 24.3 Å². The van der Waals surface area contributed by atoms with Crippen LogP contribution in [0.1, 0.15) is 12.0 Å². The average molecular weight is 229 g/mol. The Morgan fingerprint density at radius 2 is 2.00 bits per heavy atom. The summed E-state index contributed by atoms with van der Waals surface area (Å²) in [5.74, 6) is 0.438. The predicted molar refractivity (Wildman–Crippen MR) is 58.6 cm³/mol. The van der Waals surface area contributed by atoms with Gasteiger partial charge in [-0.2, -0.15) is 0 Å². The molecule has 0 saturated carbocycles. The summed E-state index contributed by atoms with van der Waals surface area (Å²) in [6.45, 7) is 0.482. The Hall–Kier alpha value is -1.22. The Morgan fingerprint density at radius 3 is 2.53 bits per heavy atom. The Labute approximate surface area is 93.6 Å². The molecular formula is C11H13ClO3. The summed E-state index contributed by atoms with van der Waals surface area (Å²) in [7, 11) is 0. The zero-order valence-electron chi connectivity index (χ0n) is 8.28. The third kappa shape index (κ3) is 4.70. The maximum Gasteiger partial charge on any atom is 0.303 e. The van der Waals surface area contributed by atoms with Gasteiger partial charge in [0.1, 0.15) is 12.4 Å². The lowest BCUT2D eigenvalue weighted by Gasteiger charge is -2.04. The van der Waals surface area contributed by atoms with Crippen molar-refractivity contribution in [1.29, 1.82) is 0 Å². The molecule has 0 radical (unpaired) electrons. The fourth-order valence-electron chi connectivity index (χ4n) is 1.16. The Bertz CT molecular complexity index is 308. The summed E-state index contributed by atoms with van der Waals surface area (Å²) >= 11 is 5.48. The topological polar surface area (TPSA) is 46.5 Å². The summed E-state index contributed by atoms with van der Waals surface area (Å²) < 4.78 is 5.29. The normalized spacial score (nSPS) is 9.93. The lowest BCUT2D eigenvalue weighted by atomic mass is 10.1. The number of aryl methyl sites for hydroxylation is 1. The summed E-state index contributed by atoms with van der Waals surface area (Å²) in [6.07, 6.45) is 0.701. The number of benzene rings is 1. The third-order valence-corrected chi connectivity index (χ3v) is 2.05. The van der Waals surface area contributed by atoms with Crippen molar-refractivity contribution in [3.8, 4) is 5.75 Å². The number of hydrogen-bond acceptors (Lipinski definition) is 2. The monoisotopic (exact) mass is 228 g/mol. The van der Waals surface area contributed by atoms with Gasteiger partial charge in [0.15, 0.2) is 0 Å². The van der Waals surface area contributed by atoms with Crippen molar-refractivity contribution in [3.05, 3.63) is 29.8 Å². The first-order valence-corrected chi connectivity index (χ1v) is 5.25. The van der Waals surface area contributed by atoms with E-state index in [0.717, 1.165) is 11.3 Å². The summed E-state index contributed by atoms with van der Waals surface area (Å²) in [4.78, 5) is 10.3. The minimum absolute atomic E-state index is 0.155. The number of aliphatic carboxylic acids is 1. The van der Waals surface area contributed by atoms with E-state index in [1.165, 1.54) is 0 Å². The van der Waals surface area contributed by atoms with Gasteiger partial charge in [-0.3, -0.25) is 4.79 Å². The van der Waals surface area contributed by atoms with Gasteiger partial charge in [0, 0.05) is 6.42 Å². The van der Waals surface area contributed by atoms with Crippen molar-refractivity contribution in [2.24, 2.45) is 0 Å². The van der Waals surface area contributed by atoms with Crippen molar-refractivity contribution >= 4 is 17.6 Å². The van der Waals surface area contributed by atoms with Crippen molar-refractivity contribution in [1.82, 2.24) is 0 Å². The molecule has 15 heavy (non-hydrogen) atoms. The molecule has 1 N–H and O–H groups in total. The highest BCUT2D eigenvalue weighted by atomic mass is 35.5. The molecule has 1 aromatic carbocycles. The molecule has 0 heterocycles. The van der Waals surface area contributed by atoms with Gasteiger partial charge in [0.25, 0.3) is 0 Å². The van der Waals surface area contributed by atoms with Crippen molar-refractivity contribution in [3.63, 3.8) is 0 Å². The van der Waals surface area contributed by atoms with Crippen molar-refractivity contribution in [2.75, 3.05) is 12.5 Å². The number of hydrogen-bond donors (Lipinski definition) is 1. The molecule has 0 saturated heterocycles. The van der Waals surface area contributed by atoms with Crippen LogP contribution < -0.4 is 4.74 Å². The smallest absolute Gasteiger partial charge is 0.303 e. The molecule has 0 bridgehead atoms. The number of halogens is 1. The van der Waals surface area contributed by atoms with Crippen LogP contribution in [0.4, 0.5) is 0 Å². The second-order valence-corrected chi connectivity index (χ2v) is 3.45. The Balaban J connectivity index is 2.45. The quantitative estimate of drug-likeness (QED) is 0.761. The maximum absolute atomic E-state index is 10.3. The standard InChI is InChI=1S/C11H13ClO3/c12-7-8-15-10-4-1-9(2-5-10)3-6-11(13)14/h1-2,4-5H,3,6-8H2,(H,13,14). The third-order valence-electron chi connectivity index (χ3n) is 1.90. The van der Waals surface area contributed by atoms with Crippen LogP contribution in [0.5, 0.6) is 5.75 Å². The van der Waals surface area contributed by atoms with Gasteiger partial charge < -0.3 is 9.84 Å². The van der Waals surface area contributed by atoms with Gasteiger partial charge in [-0.1, -0.05) is 12.1 Å². The van der Waals surface area contributed by atoms with E-state index in [4.69, 9.17) is 21.4 Å². The maximum atomic E-state index is 10.3. The summed E-state index contributed by atoms with van der Waals surface area (Å²) in [5.41, 5.74) is 0.996. The van der Waals surface area contributed by atoms with E-state index in [-0.39, 0.29) is 6.42 Å². The zero-order chi connectivity index (χ0) is 11.1. The molecule has 0 fully saturated rings. The van der Waals surface area contributed by atoms with Crippen LogP contribution in [0.2, 0.25) is 0 Å². The predicted octanol–water partition coefficient (Wildman–Crippen LogP) is 2.32. The number of alkyl halides is 1. The Morgan fingerprint density at radius 1 is 1.33 bits per heavy atom.